The van der Waals surface area contributed by atoms with Crippen molar-refractivity contribution in [1.29, 1.82) is 0 Å². The van der Waals surface area contributed by atoms with Gasteiger partial charge in [0.15, 0.2) is 11.5 Å². The summed E-state index contributed by atoms with van der Waals surface area (Å²) >= 11 is 0. The third-order valence-corrected chi connectivity index (χ3v) is 1.74. The predicted molar refractivity (Wildman–Crippen MR) is 45.4 cm³/mol. The van der Waals surface area contributed by atoms with Gasteiger partial charge in [0.05, 0.1) is 6.54 Å². The van der Waals surface area contributed by atoms with E-state index in [9.17, 15) is 0 Å². The first-order valence-electron chi connectivity index (χ1n) is 3.97. The molecule has 3 heteroatoms. The molecule has 0 unspecified atom stereocenters. The second-order valence-corrected chi connectivity index (χ2v) is 2.67. The molecule has 0 aromatic heterocycles. The smallest absolute Gasteiger partial charge is 0.253 e. The van der Waals surface area contributed by atoms with Crippen LogP contribution in [0.3, 0.4) is 0 Å². The van der Waals surface area contributed by atoms with E-state index in [0.717, 1.165) is 11.5 Å². The molecule has 0 spiro atoms. The maximum absolute atomic E-state index is 5.46. The Morgan fingerprint density at radius 1 is 1.25 bits per heavy atom. The standard InChI is InChI=1S/C9H11NO2/c1-10-6-9-11-7-4-2-3-5-8(7)12-9/h2-5,9-10H,6H2,1H3. The van der Waals surface area contributed by atoms with E-state index in [1.165, 1.54) is 0 Å². The van der Waals surface area contributed by atoms with E-state index in [1.807, 2.05) is 31.3 Å². The van der Waals surface area contributed by atoms with Gasteiger partial charge in [0.2, 0.25) is 0 Å². The molecular weight excluding hydrogens is 154 g/mol. The van der Waals surface area contributed by atoms with Gasteiger partial charge in [-0.2, -0.15) is 0 Å². The van der Waals surface area contributed by atoms with Gasteiger partial charge in [-0.05, 0) is 19.2 Å². The van der Waals surface area contributed by atoms with Crippen molar-refractivity contribution in [3.05, 3.63) is 24.3 Å². The average Bonchev–Trinajstić information content (AvgIpc) is 2.47. The summed E-state index contributed by atoms with van der Waals surface area (Å²) in [5, 5.41) is 2.99. The van der Waals surface area contributed by atoms with Gasteiger partial charge in [-0.15, -0.1) is 0 Å². The molecule has 2 rings (SSSR count). The summed E-state index contributed by atoms with van der Waals surface area (Å²) in [6.45, 7) is 0.703. The van der Waals surface area contributed by atoms with Gasteiger partial charge in [0.1, 0.15) is 0 Å². The molecule has 1 N–H and O–H groups in total. The Balaban J connectivity index is 2.11. The lowest BCUT2D eigenvalue weighted by Crippen LogP contribution is -2.30. The minimum Gasteiger partial charge on any atom is -0.450 e. The highest BCUT2D eigenvalue weighted by atomic mass is 16.7. The number of ether oxygens (including phenoxy) is 2. The number of rotatable bonds is 2. The molecular formula is C9H11NO2. The van der Waals surface area contributed by atoms with Crippen molar-refractivity contribution in [2.75, 3.05) is 13.6 Å². The fourth-order valence-electron chi connectivity index (χ4n) is 1.20. The van der Waals surface area contributed by atoms with Crippen LogP contribution in [-0.2, 0) is 0 Å². The van der Waals surface area contributed by atoms with E-state index in [1.54, 1.807) is 0 Å². The van der Waals surface area contributed by atoms with E-state index >= 15 is 0 Å². The molecule has 1 aliphatic rings. The Bertz CT molecular complexity index is 250. The van der Waals surface area contributed by atoms with Crippen molar-refractivity contribution in [2.24, 2.45) is 0 Å². The van der Waals surface area contributed by atoms with Crippen molar-refractivity contribution < 1.29 is 9.47 Å². The fraction of sp³-hybridized carbons (Fsp3) is 0.333. The highest BCUT2D eigenvalue weighted by Crippen LogP contribution is 2.33. The van der Waals surface area contributed by atoms with Gasteiger partial charge in [-0.3, -0.25) is 0 Å². The van der Waals surface area contributed by atoms with Crippen molar-refractivity contribution in [3.8, 4) is 11.5 Å². The molecule has 1 aliphatic heterocycles. The molecule has 0 radical (unpaired) electrons. The molecule has 3 nitrogen and oxygen atoms in total. The van der Waals surface area contributed by atoms with Gasteiger partial charge in [-0.1, -0.05) is 12.1 Å². The highest BCUT2D eigenvalue weighted by Gasteiger charge is 2.21. The molecule has 0 amide bonds. The third-order valence-electron chi connectivity index (χ3n) is 1.74. The Labute approximate surface area is 71.3 Å². The molecule has 1 heterocycles. The highest BCUT2D eigenvalue weighted by molar-refractivity contribution is 5.41. The zero-order valence-electron chi connectivity index (χ0n) is 6.91. The van der Waals surface area contributed by atoms with Crippen LogP contribution in [0.1, 0.15) is 0 Å². The summed E-state index contributed by atoms with van der Waals surface area (Å²) in [5.74, 6) is 1.66. The zero-order chi connectivity index (χ0) is 8.39. The third kappa shape index (κ3) is 1.23. The summed E-state index contributed by atoms with van der Waals surface area (Å²) in [5.41, 5.74) is 0. The van der Waals surface area contributed by atoms with Gasteiger partial charge >= 0.3 is 0 Å². The summed E-state index contributed by atoms with van der Waals surface area (Å²) in [4.78, 5) is 0. The van der Waals surface area contributed by atoms with Crippen molar-refractivity contribution in [3.63, 3.8) is 0 Å². The van der Waals surface area contributed by atoms with Gasteiger partial charge in [-0.25, -0.2) is 0 Å². The van der Waals surface area contributed by atoms with Gasteiger partial charge in [0.25, 0.3) is 6.29 Å². The topological polar surface area (TPSA) is 30.5 Å². The molecule has 0 aliphatic carbocycles. The first-order chi connectivity index (χ1) is 5.90. The van der Waals surface area contributed by atoms with Crippen LogP contribution in [0.5, 0.6) is 11.5 Å². The summed E-state index contributed by atoms with van der Waals surface area (Å²) in [6, 6.07) is 7.68. The molecule has 0 fully saturated rings. The lowest BCUT2D eigenvalue weighted by molar-refractivity contribution is 0.0517. The summed E-state index contributed by atoms with van der Waals surface area (Å²) < 4.78 is 10.9. The number of hydrogen-bond donors (Lipinski definition) is 1. The lowest BCUT2D eigenvalue weighted by atomic mass is 10.3. The van der Waals surface area contributed by atoms with Crippen LogP contribution in [0.2, 0.25) is 0 Å². The maximum atomic E-state index is 5.46. The van der Waals surface area contributed by atoms with E-state index < -0.39 is 0 Å². The lowest BCUT2D eigenvalue weighted by Gasteiger charge is -2.07. The number of para-hydroxylation sites is 2. The fourth-order valence-corrected chi connectivity index (χ4v) is 1.20. The van der Waals surface area contributed by atoms with Crippen LogP contribution in [-0.4, -0.2) is 19.9 Å². The van der Waals surface area contributed by atoms with Crippen molar-refractivity contribution in [1.82, 2.24) is 5.32 Å². The van der Waals surface area contributed by atoms with Gasteiger partial charge in [0, 0.05) is 0 Å². The molecule has 0 saturated carbocycles. The monoisotopic (exact) mass is 165 g/mol. The quantitative estimate of drug-likeness (QED) is 0.709. The van der Waals surface area contributed by atoms with Gasteiger partial charge < -0.3 is 14.8 Å². The molecule has 0 atom stereocenters. The van der Waals surface area contributed by atoms with E-state index in [0.29, 0.717) is 6.54 Å². The number of fused-ring (bicyclic) bond motifs is 1. The van der Waals surface area contributed by atoms with Crippen LogP contribution in [0.15, 0.2) is 24.3 Å². The Morgan fingerprint density at radius 3 is 2.33 bits per heavy atom. The van der Waals surface area contributed by atoms with E-state index in [-0.39, 0.29) is 6.29 Å². The Kier molecular flexibility index (Phi) is 1.87. The maximum Gasteiger partial charge on any atom is 0.253 e. The second kappa shape index (κ2) is 3.03. The normalized spacial score (nSPS) is 15.1. The minimum atomic E-state index is -0.174. The second-order valence-electron chi connectivity index (χ2n) is 2.67. The van der Waals surface area contributed by atoms with E-state index in [2.05, 4.69) is 5.32 Å². The molecule has 12 heavy (non-hydrogen) atoms. The molecule has 64 valence electrons. The van der Waals surface area contributed by atoms with Crippen LogP contribution in [0, 0.1) is 0 Å². The summed E-state index contributed by atoms with van der Waals surface area (Å²) in [7, 11) is 1.87. The Morgan fingerprint density at radius 2 is 1.83 bits per heavy atom. The molecule has 0 bridgehead atoms. The van der Waals surface area contributed by atoms with Crippen LogP contribution >= 0.6 is 0 Å². The molecule has 1 aromatic carbocycles. The predicted octanol–water partition coefficient (Wildman–Crippen LogP) is 1.00. The van der Waals surface area contributed by atoms with Crippen LogP contribution < -0.4 is 14.8 Å². The minimum absolute atomic E-state index is 0.174. The zero-order valence-corrected chi connectivity index (χ0v) is 6.91. The van der Waals surface area contributed by atoms with E-state index in [4.69, 9.17) is 9.47 Å². The van der Waals surface area contributed by atoms with Crippen LogP contribution in [0.25, 0.3) is 0 Å². The first-order valence-corrected chi connectivity index (χ1v) is 3.97. The molecule has 0 saturated heterocycles. The largest absolute Gasteiger partial charge is 0.450 e. The van der Waals surface area contributed by atoms with Crippen molar-refractivity contribution >= 4 is 0 Å². The SMILES string of the molecule is CNCC1Oc2ccccc2O1. The molecule has 1 aromatic rings. The number of hydrogen-bond acceptors (Lipinski definition) is 3. The first kappa shape index (κ1) is 7.43. The number of likely N-dealkylation sites (N-methyl/N-ethyl adjacent to an activating group) is 1. The number of nitrogens with one attached hydrogen (secondary N) is 1. The Hall–Kier alpha value is -1.22. The average molecular weight is 165 g/mol. The van der Waals surface area contributed by atoms with Crippen molar-refractivity contribution in [2.45, 2.75) is 6.29 Å². The summed E-state index contributed by atoms with van der Waals surface area (Å²) in [6.07, 6.45) is -0.174. The van der Waals surface area contributed by atoms with Crippen LogP contribution in [0.4, 0.5) is 0 Å². The number of benzene rings is 1.